The van der Waals surface area contributed by atoms with Crippen molar-refractivity contribution in [2.75, 3.05) is 0 Å². The Hall–Kier alpha value is -1.81. The number of ether oxygens (including phenoxy) is 1. The summed E-state index contributed by atoms with van der Waals surface area (Å²) in [6.45, 7) is 5.33. The summed E-state index contributed by atoms with van der Waals surface area (Å²) in [7, 11) is 0. The van der Waals surface area contributed by atoms with Crippen LogP contribution in [0.1, 0.15) is 44.0 Å². The van der Waals surface area contributed by atoms with Crippen molar-refractivity contribution in [1.82, 2.24) is 9.78 Å². The van der Waals surface area contributed by atoms with Gasteiger partial charge in [0.25, 0.3) is 0 Å². The van der Waals surface area contributed by atoms with Crippen LogP contribution in [0, 0.1) is 0 Å². The Morgan fingerprint density at radius 3 is 2.65 bits per heavy atom. The number of rotatable bonds is 7. The van der Waals surface area contributed by atoms with Crippen molar-refractivity contribution in [3.63, 3.8) is 0 Å². The second-order valence-electron chi connectivity index (χ2n) is 4.86. The summed E-state index contributed by atoms with van der Waals surface area (Å²) < 4.78 is 7.85. The van der Waals surface area contributed by atoms with Crippen molar-refractivity contribution in [2.45, 2.75) is 45.9 Å². The highest BCUT2D eigenvalue weighted by Crippen LogP contribution is 2.19. The van der Waals surface area contributed by atoms with E-state index in [4.69, 9.17) is 10.5 Å². The zero-order valence-electron chi connectivity index (χ0n) is 12.2. The van der Waals surface area contributed by atoms with E-state index in [9.17, 15) is 0 Å². The molecular formula is C16H23N3O. The minimum atomic E-state index is 0.472. The van der Waals surface area contributed by atoms with Crippen LogP contribution in [0.2, 0.25) is 0 Å². The van der Waals surface area contributed by atoms with E-state index in [1.54, 1.807) is 0 Å². The SMILES string of the molecule is CCC(CC)n1ccc(COc2ccccc2CN)n1. The van der Waals surface area contributed by atoms with Crippen LogP contribution in [0.3, 0.4) is 0 Å². The monoisotopic (exact) mass is 273 g/mol. The van der Waals surface area contributed by atoms with Gasteiger partial charge in [0.2, 0.25) is 0 Å². The Morgan fingerprint density at radius 1 is 1.20 bits per heavy atom. The summed E-state index contributed by atoms with van der Waals surface area (Å²) in [4.78, 5) is 0. The van der Waals surface area contributed by atoms with Crippen LogP contribution in [0.5, 0.6) is 5.75 Å². The van der Waals surface area contributed by atoms with Crippen LogP contribution in [0.4, 0.5) is 0 Å². The summed E-state index contributed by atoms with van der Waals surface area (Å²) in [5.74, 6) is 0.840. The topological polar surface area (TPSA) is 53.1 Å². The van der Waals surface area contributed by atoms with Crippen LogP contribution in [0.15, 0.2) is 36.5 Å². The highest BCUT2D eigenvalue weighted by molar-refractivity contribution is 5.33. The molecule has 0 unspecified atom stereocenters. The van der Waals surface area contributed by atoms with Crippen molar-refractivity contribution in [3.8, 4) is 5.75 Å². The Kier molecular flexibility index (Phi) is 5.18. The molecule has 0 saturated carbocycles. The van der Waals surface area contributed by atoms with E-state index >= 15 is 0 Å². The zero-order valence-corrected chi connectivity index (χ0v) is 12.2. The number of benzene rings is 1. The van der Waals surface area contributed by atoms with E-state index in [0.717, 1.165) is 29.8 Å². The lowest BCUT2D eigenvalue weighted by Crippen LogP contribution is -2.08. The molecular weight excluding hydrogens is 250 g/mol. The normalized spacial score (nSPS) is 11.0. The van der Waals surface area contributed by atoms with Gasteiger partial charge in [-0.25, -0.2) is 0 Å². The number of para-hydroxylation sites is 1. The van der Waals surface area contributed by atoms with Crippen LogP contribution < -0.4 is 10.5 Å². The Morgan fingerprint density at radius 2 is 1.95 bits per heavy atom. The Balaban J connectivity index is 2.01. The first-order valence-corrected chi connectivity index (χ1v) is 7.23. The molecule has 2 aromatic rings. The molecule has 0 aliphatic rings. The first-order valence-electron chi connectivity index (χ1n) is 7.23. The van der Waals surface area contributed by atoms with E-state index in [1.807, 2.05) is 41.2 Å². The van der Waals surface area contributed by atoms with E-state index in [1.165, 1.54) is 0 Å². The molecule has 20 heavy (non-hydrogen) atoms. The van der Waals surface area contributed by atoms with Gasteiger partial charge in [-0.3, -0.25) is 4.68 Å². The highest BCUT2D eigenvalue weighted by atomic mass is 16.5. The third-order valence-corrected chi connectivity index (χ3v) is 3.55. The van der Waals surface area contributed by atoms with Gasteiger partial charge in [-0.1, -0.05) is 32.0 Å². The molecule has 0 amide bonds. The third-order valence-electron chi connectivity index (χ3n) is 3.55. The smallest absolute Gasteiger partial charge is 0.132 e. The van der Waals surface area contributed by atoms with Gasteiger partial charge < -0.3 is 10.5 Å². The minimum absolute atomic E-state index is 0.472. The van der Waals surface area contributed by atoms with Gasteiger partial charge in [0.05, 0.1) is 11.7 Å². The van der Waals surface area contributed by atoms with E-state index in [0.29, 0.717) is 19.2 Å². The van der Waals surface area contributed by atoms with Crippen LogP contribution in [-0.4, -0.2) is 9.78 Å². The highest BCUT2D eigenvalue weighted by Gasteiger charge is 2.08. The van der Waals surface area contributed by atoms with Crippen LogP contribution in [-0.2, 0) is 13.2 Å². The molecule has 2 rings (SSSR count). The lowest BCUT2D eigenvalue weighted by Gasteiger charge is -2.12. The molecule has 1 aromatic heterocycles. The Bertz CT molecular complexity index is 532. The maximum atomic E-state index is 5.82. The summed E-state index contributed by atoms with van der Waals surface area (Å²) in [6.07, 6.45) is 4.22. The molecule has 4 nitrogen and oxygen atoms in total. The summed E-state index contributed by atoms with van der Waals surface area (Å²) in [5, 5.41) is 4.58. The van der Waals surface area contributed by atoms with Gasteiger partial charge >= 0.3 is 0 Å². The molecule has 4 heteroatoms. The van der Waals surface area contributed by atoms with Crippen molar-refractivity contribution < 1.29 is 4.74 Å². The van der Waals surface area contributed by atoms with Gasteiger partial charge in [0.1, 0.15) is 12.4 Å². The summed E-state index contributed by atoms with van der Waals surface area (Å²) in [6, 6.07) is 10.3. The quantitative estimate of drug-likeness (QED) is 0.842. The minimum Gasteiger partial charge on any atom is -0.487 e. The maximum absolute atomic E-state index is 5.82. The predicted octanol–water partition coefficient (Wildman–Crippen LogP) is 3.28. The average Bonchev–Trinajstić information content (AvgIpc) is 2.95. The van der Waals surface area contributed by atoms with Crippen LogP contribution >= 0.6 is 0 Å². The number of hydrogen-bond acceptors (Lipinski definition) is 3. The van der Waals surface area contributed by atoms with Crippen molar-refractivity contribution in [2.24, 2.45) is 5.73 Å². The van der Waals surface area contributed by atoms with Gasteiger partial charge in [-0.15, -0.1) is 0 Å². The fourth-order valence-corrected chi connectivity index (χ4v) is 2.29. The molecule has 2 N–H and O–H groups in total. The lowest BCUT2D eigenvalue weighted by molar-refractivity contribution is 0.294. The molecule has 108 valence electrons. The Labute approximate surface area is 120 Å². The molecule has 0 bridgehead atoms. The van der Waals surface area contributed by atoms with Gasteiger partial charge in [-0.05, 0) is 25.0 Å². The van der Waals surface area contributed by atoms with E-state index < -0.39 is 0 Å². The molecule has 0 fully saturated rings. The summed E-state index contributed by atoms with van der Waals surface area (Å²) in [5.41, 5.74) is 7.67. The number of nitrogens with two attached hydrogens (primary N) is 1. The largest absolute Gasteiger partial charge is 0.487 e. The van der Waals surface area contributed by atoms with E-state index in [2.05, 4.69) is 18.9 Å². The maximum Gasteiger partial charge on any atom is 0.132 e. The first kappa shape index (κ1) is 14.6. The molecule has 0 spiro atoms. The van der Waals surface area contributed by atoms with Gasteiger partial charge in [-0.2, -0.15) is 5.10 Å². The number of hydrogen-bond donors (Lipinski definition) is 1. The molecule has 0 radical (unpaired) electrons. The van der Waals surface area contributed by atoms with Crippen molar-refractivity contribution >= 4 is 0 Å². The first-order chi connectivity index (χ1) is 9.78. The van der Waals surface area contributed by atoms with Crippen molar-refractivity contribution in [1.29, 1.82) is 0 Å². The molecule has 0 aliphatic heterocycles. The van der Waals surface area contributed by atoms with Gasteiger partial charge in [0, 0.05) is 18.3 Å². The van der Waals surface area contributed by atoms with E-state index in [-0.39, 0.29) is 0 Å². The van der Waals surface area contributed by atoms with Crippen molar-refractivity contribution in [3.05, 3.63) is 47.8 Å². The fraction of sp³-hybridized carbons (Fsp3) is 0.438. The molecule has 1 aromatic carbocycles. The zero-order chi connectivity index (χ0) is 14.4. The third kappa shape index (κ3) is 3.39. The number of aromatic nitrogens is 2. The number of nitrogens with zero attached hydrogens (tertiary/aromatic N) is 2. The lowest BCUT2D eigenvalue weighted by atomic mass is 10.2. The second-order valence-corrected chi connectivity index (χ2v) is 4.86. The average molecular weight is 273 g/mol. The molecule has 0 aliphatic carbocycles. The molecule has 1 heterocycles. The predicted molar refractivity (Wildman–Crippen MR) is 80.5 cm³/mol. The van der Waals surface area contributed by atoms with Crippen LogP contribution in [0.25, 0.3) is 0 Å². The second kappa shape index (κ2) is 7.10. The summed E-state index contributed by atoms with van der Waals surface area (Å²) >= 11 is 0. The molecule has 0 saturated heterocycles. The van der Waals surface area contributed by atoms with Gasteiger partial charge in [0.15, 0.2) is 0 Å². The molecule has 0 atom stereocenters. The fourth-order valence-electron chi connectivity index (χ4n) is 2.29. The standard InChI is InChI=1S/C16H23N3O/c1-3-15(4-2)19-10-9-14(18-19)12-20-16-8-6-5-7-13(16)11-17/h5-10,15H,3-4,11-12,17H2,1-2H3.